The average molecular weight is 324 g/mol. The van der Waals surface area contributed by atoms with Crippen LogP contribution in [0.15, 0.2) is 0 Å². The minimum Gasteiger partial charge on any atom is -0.389 e. The van der Waals surface area contributed by atoms with Crippen LogP contribution in [0, 0.1) is 16.7 Å². The van der Waals surface area contributed by atoms with Crippen LogP contribution < -0.4 is 0 Å². The SMILES string of the molecule is CN(C[C@H](O)CO[C@@H]1C[C@H]2CC[C@@]1(C)C2(C)C)C1CCCCC1. The summed E-state index contributed by atoms with van der Waals surface area (Å²) in [5.41, 5.74) is 0.689. The Bertz CT molecular complexity index is 404. The van der Waals surface area contributed by atoms with Gasteiger partial charge in [0, 0.05) is 12.6 Å². The van der Waals surface area contributed by atoms with Crippen LogP contribution in [0.4, 0.5) is 0 Å². The highest BCUT2D eigenvalue weighted by molar-refractivity contribution is 5.11. The molecule has 0 saturated heterocycles. The van der Waals surface area contributed by atoms with Crippen molar-refractivity contribution >= 4 is 0 Å². The fourth-order valence-corrected chi connectivity index (χ4v) is 5.67. The molecular weight excluding hydrogens is 286 g/mol. The van der Waals surface area contributed by atoms with Gasteiger partial charge >= 0.3 is 0 Å². The van der Waals surface area contributed by atoms with E-state index in [0.29, 0.717) is 29.6 Å². The number of fused-ring (bicyclic) bond motifs is 2. The molecule has 0 amide bonds. The molecule has 23 heavy (non-hydrogen) atoms. The van der Waals surface area contributed by atoms with Gasteiger partial charge in [-0.25, -0.2) is 0 Å². The van der Waals surface area contributed by atoms with Gasteiger partial charge in [0.25, 0.3) is 0 Å². The van der Waals surface area contributed by atoms with Crippen LogP contribution in [-0.2, 0) is 4.74 Å². The molecule has 0 aromatic rings. The Hall–Kier alpha value is -0.120. The molecule has 0 heterocycles. The molecule has 0 aromatic carbocycles. The quantitative estimate of drug-likeness (QED) is 0.806. The monoisotopic (exact) mass is 323 g/mol. The van der Waals surface area contributed by atoms with Crippen LogP contribution in [0.1, 0.15) is 72.1 Å². The van der Waals surface area contributed by atoms with Crippen LogP contribution in [0.25, 0.3) is 0 Å². The van der Waals surface area contributed by atoms with E-state index < -0.39 is 0 Å². The van der Waals surface area contributed by atoms with Gasteiger partial charge in [-0.3, -0.25) is 0 Å². The fourth-order valence-electron chi connectivity index (χ4n) is 5.67. The highest BCUT2D eigenvalue weighted by Crippen LogP contribution is 2.66. The van der Waals surface area contributed by atoms with Crippen LogP contribution in [-0.4, -0.2) is 48.5 Å². The molecule has 0 aromatic heterocycles. The summed E-state index contributed by atoms with van der Waals surface area (Å²) in [6.45, 7) is 8.49. The lowest BCUT2D eigenvalue weighted by Gasteiger charge is -2.39. The minimum atomic E-state index is -0.354. The molecule has 3 aliphatic carbocycles. The van der Waals surface area contributed by atoms with E-state index in [1.54, 1.807) is 0 Å². The smallest absolute Gasteiger partial charge is 0.0900 e. The van der Waals surface area contributed by atoms with Crippen molar-refractivity contribution in [2.45, 2.75) is 90.4 Å². The third-order valence-corrected chi connectivity index (χ3v) is 7.90. The molecule has 2 bridgehead atoms. The summed E-state index contributed by atoms with van der Waals surface area (Å²) in [7, 11) is 2.17. The van der Waals surface area contributed by atoms with Gasteiger partial charge in [-0.05, 0) is 55.9 Å². The Labute approximate surface area is 142 Å². The predicted molar refractivity (Wildman–Crippen MR) is 94.5 cm³/mol. The second-order valence-corrected chi connectivity index (χ2v) is 9.32. The predicted octanol–water partition coefficient (Wildman–Crippen LogP) is 3.84. The van der Waals surface area contributed by atoms with Crippen molar-refractivity contribution in [3.63, 3.8) is 0 Å². The first-order chi connectivity index (χ1) is 10.8. The first-order valence-electron chi connectivity index (χ1n) is 9.84. The molecular formula is C20H37NO2. The van der Waals surface area contributed by atoms with E-state index in [4.69, 9.17) is 4.74 Å². The van der Waals surface area contributed by atoms with Crippen LogP contribution in [0.2, 0.25) is 0 Å². The normalized spacial score (nSPS) is 38.3. The van der Waals surface area contributed by atoms with Gasteiger partial charge in [0.2, 0.25) is 0 Å². The number of hydrogen-bond acceptors (Lipinski definition) is 3. The first-order valence-corrected chi connectivity index (χ1v) is 9.84. The second-order valence-electron chi connectivity index (χ2n) is 9.32. The molecule has 0 radical (unpaired) electrons. The molecule has 3 rings (SSSR count). The summed E-state index contributed by atoms with van der Waals surface area (Å²) in [4.78, 5) is 2.36. The maximum atomic E-state index is 10.4. The third kappa shape index (κ3) is 3.21. The lowest BCUT2D eigenvalue weighted by atomic mass is 9.70. The van der Waals surface area contributed by atoms with Crippen molar-refractivity contribution in [3.8, 4) is 0 Å². The van der Waals surface area contributed by atoms with Crippen molar-refractivity contribution in [2.24, 2.45) is 16.7 Å². The molecule has 3 saturated carbocycles. The number of rotatable bonds is 6. The fraction of sp³-hybridized carbons (Fsp3) is 1.00. The van der Waals surface area contributed by atoms with Gasteiger partial charge in [-0.15, -0.1) is 0 Å². The van der Waals surface area contributed by atoms with Crippen LogP contribution >= 0.6 is 0 Å². The summed E-state index contributed by atoms with van der Waals surface area (Å²) in [6, 6.07) is 0.664. The Kier molecular flexibility index (Phi) is 5.11. The van der Waals surface area contributed by atoms with Crippen LogP contribution in [0.5, 0.6) is 0 Å². The average Bonchev–Trinajstić information content (AvgIpc) is 2.86. The van der Waals surface area contributed by atoms with Gasteiger partial charge in [0.05, 0.1) is 18.8 Å². The molecule has 0 aliphatic heterocycles. The lowest BCUT2D eigenvalue weighted by Crippen LogP contribution is -2.42. The van der Waals surface area contributed by atoms with Gasteiger partial charge in [-0.1, -0.05) is 40.0 Å². The zero-order valence-electron chi connectivity index (χ0n) is 15.7. The third-order valence-electron chi connectivity index (χ3n) is 7.90. The van der Waals surface area contributed by atoms with Crippen molar-refractivity contribution < 1.29 is 9.84 Å². The summed E-state index contributed by atoms with van der Waals surface area (Å²) in [6.07, 6.45) is 10.5. The van der Waals surface area contributed by atoms with Gasteiger partial charge in [-0.2, -0.15) is 0 Å². The molecule has 1 N–H and O–H groups in total. The molecule has 134 valence electrons. The molecule has 0 spiro atoms. The maximum absolute atomic E-state index is 10.4. The number of likely N-dealkylation sites (N-methyl/N-ethyl adjacent to an activating group) is 1. The number of aliphatic hydroxyl groups is 1. The zero-order valence-corrected chi connectivity index (χ0v) is 15.7. The molecule has 3 nitrogen and oxygen atoms in total. The Balaban J connectivity index is 1.45. The van der Waals surface area contributed by atoms with E-state index in [-0.39, 0.29) is 6.10 Å². The molecule has 4 atom stereocenters. The molecule has 0 unspecified atom stereocenters. The highest BCUT2D eigenvalue weighted by atomic mass is 16.5. The van der Waals surface area contributed by atoms with Crippen molar-refractivity contribution in [1.82, 2.24) is 4.90 Å². The number of aliphatic hydroxyl groups excluding tert-OH is 1. The number of ether oxygens (including phenoxy) is 1. The standard InChI is InChI=1S/C20H37NO2/c1-19(2)15-10-11-20(19,3)18(12-15)23-14-17(22)13-21(4)16-8-6-5-7-9-16/h15-18,22H,5-14H2,1-4H3/t15-,17+,18-,20-/m1/s1. The second kappa shape index (κ2) is 6.65. The lowest BCUT2D eigenvalue weighted by molar-refractivity contribution is -0.0802. The molecule has 3 aliphatic rings. The minimum absolute atomic E-state index is 0.298. The summed E-state index contributed by atoms with van der Waals surface area (Å²) < 4.78 is 6.25. The van der Waals surface area contributed by atoms with Crippen molar-refractivity contribution in [2.75, 3.05) is 20.2 Å². The Morgan fingerprint density at radius 2 is 1.83 bits per heavy atom. The summed E-state index contributed by atoms with van der Waals surface area (Å²) >= 11 is 0. The van der Waals surface area contributed by atoms with E-state index >= 15 is 0 Å². The summed E-state index contributed by atoms with van der Waals surface area (Å²) in [5, 5.41) is 10.4. The van der Waals surface area contributed by atoms with E-state index in [9.17, 15) is 5.11 Å². The largest absolute Gasteiger partial charge is 0.389 e. The van der Waals surface area contributed by atoms with Crippen molar-refractivity contribution in [1.29, 1.82) is 0 Å². The van der Waals surface area contributed by atoms with Gasteiger partial charge in [0.1, 0.15) is 0 Å². The van der Waals surface area contributed by atoms with Gasteiger partial charge in [0.15, 0.2) is 0 Å². The van der Waals surface area contributed by atoms with E-state index in [1.807, 2.05) is 0 Å². The molecule has 3 heteroatoms. The topological polar surface area (TPSA) is 32.7 Å². The van der Waals surface area contributed by atoms with E-state index in [0.717, 1.165) is 12.5 Å². The Morgan fingerprint density at radius 3 is 2.39 bits per heavy atom. The Morgan fingerprint density at radius 1 is 1.13 bits per heavy atom. The highest BCUT2D eigenvalue weighted by Gasteiger charge is 2.61. The first kappa shape index (κ1) is 17.7. The van der Waals surface area contributed by atoms with Crippen LogP contribution in [0.3, 0.4) is 0 Å². The zero-order chi connectivity index (χ0) is 16.7. The number of nitrogens with zero attached hydrogens (tertiary/aromatic N) is 1. The van der Waals surface area contributed by atoms with Crippen molar-refractivity contribution in [3.05, 3.63) is 0 Å². The van der Waals surface area contributed by atoms with E-state index in [1.165, 1.54) is 51.4 Å². The molecule has 3 fully saturated rings. The van der Waals surface area contributed by atoms with Gasteiger partial charge < -0.3 is 14.7 Å². The van der Waals surface area contributed by atoms with E-state index in [2.05, 4.69) is 32.7 Å². The summed E-state index contributed by atoms with van der Waals surface area (Å²) in [5.74, 6) is 0.805. The maximum Gasteiger partial charge on any atom is 0.0900 e. The number of hydrogen-bond donors (Lipinski definition) is 1.